The standard InChI is InChI=1S/C9H21N3O/c1-2-11-7-5-3-4-6-8-12-9(10)13/h11H,2-8H2,1H3,(H3,10,12,13). The number of nitrogens with one attached hydrogen (secondary N) is 2. The molecule has 13 heavy (non-hydrogen) atoms. The van der Waals surface area contributed by atoms with Crippen LogP contribution in [0.3, 0.4) is 0 Å². The molecule has 0 aromatic rings. The number of carbonyl (C=O) groups excluding carboxylic acids is 1. The summed E-state index contributed by atoms with van der Waals surface area (Å²) < 4.78 is 0. The van der Waals surface area contributed by atoms with Crippen LogP contribution in [0.1, 0.15) is 32.6 Å². The SMILES string of the molecule is CCNCCCCCCNC(N)=O. The molecule has 0 aromatic carbocycles. The smallest absolute Gasteiger partial charge is 0.312 e. The fourth-order valence-electron chi connectivity index (χ4n) is 1.12. The maximum Gasteiger partial charge on any atom is 0.312 e. The van der Waals surface area contributed by atoms with Crippen LogP contribution >= 0.6 is 0 Å². The van der Waals surface area contributed by atoms with Gasteiger partial charge in [0.15, 0.2) is 0 Å². The number of nitrogens with two attached hydrogens (primary N) is 1. The number of urea groups is 1. The van der Waals surface area contributed by atoms with Crippen molar-refractivity contribution in [2.24, 2.45) is 5.73 Å². The van der Waals surface area contributed by atoms with Crippen LogP contribution in [0, 0.1) is 0 Å². The molecule has 0 spiro atoms. The zero-order valence-corrected chi connectivity index (χ0v) is 8.44. The Morgan fingerprint density at radius 1 is 1.15 bits per heavy atom. The highest BCUT2D eigenvalue weighted by atomic mass is 16.2. The van der Waals surface area contributed by atoms with E-state index >= 15 is 0 Å². The van der Waals surface area contributed by atoms with Gasteiger partial charge in [0, 0.05) is 6.54 Å². The predicted octanol–water partition coefficient (Wildman–Crippen LogP) is 0.825. The molecule has 0 atom stereocenters. The Balaban J connectivity index is 2.87. The third-order valence-corrected chi connectivity index (χ3v) is 1.83. The molecule has 2 amide bonds. The summed E-state index contributed by atoms with van der Waals surface area (Å²) in [6.07, 6.45) is 4.61. The zero-order valence-electron chi connectivity index (χ0n) is 8.44. The normalized spacial score (nSPS) is 9.92. The lowest BCUT2D eigenvalue weighted by molar-refractivity contribution is 0.248. The number of primary amides is 1. The van der Waals surface area contributed by atoms with E-state index in [9.17, 15) is 4.79 Å². The van der Waals surface area contributed by atoms with Crippen molar-refractivity contribution >= 4 is 6.03 Å². The van der Waals surface area contributed by atoms with E-state index in [1.165, 1.54) is 12.8 Å². The topological polar surface area (TPSA) is 67.2 Å². The molecule has 0 aliphatic rings. The van der Waals surface area contributed by atoms with Gasteiger partial charge in [0.25, 0.3) is 0 Å². The Morgan fingerprint density at radius 2 is 1.77 bits per heavy atom. The largest absolute Gasteiger partial charge is 0.352 e. The van der Waals surface area contributed by atoms with E-state index in [1.54, 1.807) is 0 Å². The average Bonchev–Trinajstić information content (AvgIpc) is 2.09. The third-order valence-electron chi connectivity index (χ3n) is 1.83. The van der Waals surface area contributed by atoms with Crippen molar-refractivity contribution < 1.29 is 4.79 Å². The fraction of sp³-hybridized carbons (Fsp3) is 0.889. The summed E-state index contributed by atoms with van der Waals surface area (Å²) in [5.74, 6) is 0. The van der Waals surface area contributed by atoms with Gasteiger partial charge in [-0.3, -0.25) is 0 Å². The second-order valence-electron chi connectivity index (χ2n) is 3.06. The molecule has 0 aliphatic carbocycles. The second-order valence-corrected chi connectivity index (χ2v) is 3.06. The van der Waals surface area contributed by atoms with Crippen molar-refractivity contribution in [1.29, 1.82) is 0 Å². The first-order chi connectivity index (χ1) is 6.27. The molecule has 0 aromatic heterocycles. The highest BCUT2D eigenvalue weighted by Crippen LogP contribution is 1.97. The van der Waals surface area contributed by atoms with Crippen molar-refractivity contribution in [2.45, 2.75) is 32.6 Å². The van der Waals surface area contributed by atoms with Crippen molar-refractivity contribution in [2.75, 3.05) is 19.6 Å². The van der Waals surface area contributed by atoms with Crippen molar-refractivity contribution in [3.05, 3.63) is 0 Å². The lowest BCUT2D eigenvalue weighted by Gasteiger charge is -2.02. The van der Waals surface area contributed by atoms with Crippen LogP contribution in [0.5, 0.6) is 0 Å². The van der Waals surface area contributed by atoms with Gasteiger partial charge >= 0.3 is 6.03 Å². The minimum absolute atomic E-state index is 0.423. The minimum atomic E-state index is -0.423. The molecular weight excluding hydrogens is 166 g/mol. The maximum absolute atomic E-state index is 10.3. The summed E-state index contributed by atoms with van der Waals surface area (Å²) in [6.45, 7) is 4.95. The molecule has 78 valence electrons. The quantitative estimate of drug-likeness (QED) is 0.493. The lowest BCUT2D eigenvalue weighted by Crippen LogP contribution is -2.29. The minimum Gasteiger partial charge on any atom is -0.352 e. The highest BCUT2D eigenvalue weighted by Gasteiger charge is 1.91. The second kappa shape index (κ2) is 9.32. The van der Waals surface area contributed by atoms with Crippen LogP contribution in [0.4, 0.5) is 4.79 Å². The molecule has 0 saturated heterocycles. The van der Waals surface area contributed by atoms with Crippen molar-refractivity contribution in [3.63, 3.8) is 0 Å². The molecule has 0 aliphatic heterocycles. The molecule has 0 fully saturated rings. The van der Waals surface area contributed by atoms with Gasteiger partial charge in [0.05, 0.1) is 0 Å². The molecule has 0 unspecified atom stereocenters. The fourth-order valence-corrected chi connectivity index (χ4v) is 1.12. The lowest BCUT2D eigenvalue weighted by atomic mass is 10.2. The average molecular weight is 187 g/mol. The molecule has 0 bridgehead atoms. The number of amides is 2. The van der Waals surface area contributed by atoms with Gasteiger partial charge in [-0.15, -0.1) is 0 Å². The monoisotopic (exact) mass is 187 g/mol. The van der Waals surface area contributed by atoms with Gasteiger partial charge in [0.2, 0.25) is 0 Å². The first-order valence-corrected chi connectivity index (χ1v) is 5.01. The summed E-state index contributed by atoms with van der Waals surface area (Å²) >= 11 is 0. The van der Waals surface area contributed by atoms with E-state index in [0.717, 1.165) is 25.9 Å². The van der Waals surface area contributed by atoms with Crippen molar-refractivity contribution in [3.8, 4) is 0 Å². The molecule has 4 N–H and O–H groups in total. The number of hydrogen-bond acceptors (Lipinski definition) is 2. The van der Waals surface area contributed by atoms with E-state index in [0.29, 0.717) is 6.54 Å². The van der Waals surface area contributed by atoms with Crippen LogP contribution in [-0.4, -0.2) is 25.7 Å². The van der Waals surface area contributed by atoms with Gasteiger partial charge < -0.3 is 16.4 Å². The molecule has 0 saturated carbocycles. The highest BCUT2D eigenvalue weighted by molar-refractivity contribution is 5.71. The first-order valence-electron chi connectivity index (χ1n) is 5.01. The van der Waals surface area contributed by atoms with Gasteiger partial charge in [-0.25, -0.2) is 4.79 Å². The summed E-state index contributed by atoms with van der Waals surface area (Å²) in [7, 11) is 0. The summed E-state index contributed by atoms with van der Waals surface area (Å²) in [5.41, 5.74) is 4.91. The van der Waals surface area contributed by atoms with E-state index in [-0.39, 0.29) is 0 Å². The van der Waals surface area contributed by atoms with Gasteiger partial charge in [-0.2, -0.15) is 0 Å². The van der Waals surface area contributed by atoms with Gasteiger partial charge in [-0.05, 0) is 25.9 Å². The van der Waals surface area contributed by atoms with Gasteiger partial charge in [-0.1, -0.05) is 19.8 Å². The van der Waals surface area contributed by atoms with Gasteiger partial charge in [0.1, 0.15) is 0 Å². The van der Waals surface area contributed by atoms with Crippen LogP contribution in [-0.2, 0) is 0 Å². The summed E-state index contributed by atoms with van der Waals surface area (Å²) in [5, 5.41) is 5.84. The molecule has 0 rings (SSSR count). The first kappa shape index (κ1) is 12.2. The van der Waals surface area contributed by atoms with Crippen LogP contribution in [0.25, 0.3) is 0 Å². The maximum atomic E-state index is 10.3. The van der Waals surface area contributed by atoms with Crippen molar-refractivity contribution in [1.82, 2.24) is 10.6 Å². The number of hydrogen-bond donors (Lipinski definition) is 3. The zero-order chi connectivity index (χ0) is 9.94. The molecule has 0 heterocycles. The Bertz CT molecular complexity index is 128. The number of rotatable bonds is 8. The predicted molar refractivity (Wildman–Crippen MR) is 54.6 cm³/mol. The Hall–Kier alpha value is -0.770. The number of unbranched alkanes of at least 4 members (excludes halogenated alkanes) is 3. The Kier molecular flexibility index (Phi) is 8.77. The molecule has 4 heteroatoms. The van der Waals surface area contributed by atoms with E-state index in [2.05, 4.69) is 17.6 Å². The third kappa shape index (κ3) is 11.2. The van der Waals surface area contributed by atoms with Crippen LogP contribution in [0.2, 0.25) is 0 Å². The summed E-state index contributed by atoms with van der Waals surface area (Å²) in [4.78, 5) is 10.3. The van der Waals surface area contributed by atoms with Crippen LogP contribution < -0.4 is 16.4 Å². The van der Waals surface area contributed by atoms with E-state index < -0.39 is 6.03 Å². The molecule has 4 nitrogen and oxygen atoms in total. The summed E-state index contributed by atoms with van der Waals surface area (Å²) in [6, 6.07) is -0.423. The number of carbonyl (C=O) groups is 1. The van der Waals surface area contributed by atoms with E-state index in [4.69, 9.17) is 5.73 Å². The van der Waals surface area contributed by atoms with E-state index in [1.807, 2.05) is 0 Å². The van der Waals surface area contributed by atoms with Crippen LogP contribution in [0.15, 0.2) is 0 Å². The Morgan fingerprint density at radius 3 is 2.31 bits per heavy atom. The molecular formula is C9H21N3O. The Labute approximate surface area is 80.3 Å². The molecule has 0 radical (unpaired) electrons.